The maximum atomic E-state index is 13.0. The summed E-state index contributed by atoms with van der Waals surface area (Å²) in [6.07, 6.45) is 3.36. The first-order chi connectivity index (χ1) is 12.0. The maximum Gasteiger partial charge on any atom is 0.261 e. The van der Waals surface area contributed by atoms with Crippen molar-refractivity contribution in [2.75, 3.05) is 19.7 Å². The number of nitrogens with one attached hydrogen (secondary N) is 1. The molecule has 6 rings (SSSR count). The van der Waals surface area contributed by atoms with Crippen LogP contribution in [0.3, 0.4) is 0 Å². The average Bonchev–Trinajstić information content (AvgIpc) is 3.23. The van der Waals surface area contributed by atoms with Gasteiger partial charge in [0.15, 0.2) is 0 Å². The first kappa shape index (κ1) is 15.6. The minimum atomic E-state index is 0.0396. The van der Waals surface area contributed by atoms with Gasteiger partial charge in [-0.25, -0.2) is 0 Å². The van der Waals surface area contributed by atoms with Gasteiger partial charge >= 0.3 is 0 Å². The van der Waals surface area contributed by atoms with E-state index in [1.165, 1.54) is 18.4 Å². The topological polar surface area (TPSA) is 41.6 Å². The molecule has 0 aliphatic carbocycles. The van der Waals surface area contributed by atoms with Crippen LogP contribution >= 0.6 is 11.3 Å². The van der Waals surface area contributed by atoms with Gasteiger partial charge in [0.25, 0.3) is 5.91 Å². The number of fused-ring (bicyclic) bond motifs is 6. The number of amides is 1. The fourth-order valence-corrected chi connectivity index (χ4v) is 6.02. The van der Waals surface area contributed by atoms with Gasteiger partial charge in [-0.1, -0.05) is 12.1 Å². The highest BCUT2D eigenvalue weighted by Gasteiger charge is 2.48. The number of carbonyl (C=O) groups is 1. The van der Waals surface area contributed by atoms with E-state index < -0.39 is 0 Å². The van der Waals surface area contributed by atoms with Crippen LogP contribution in [0.2, 0.25) is 0 Å². The number of carbonyl (C=O) groups excluding carboxylic acids is 1. The molecule has 2 aromatic rings. The maximum absolute atomic E-state index is 13.0. The zero-order valence-corrected chi connectivity index (χ0v) is 15.6. The number of rotatable bonds is 2. The second-order valence-electron chi connectivity index (χ2n) is 8.11. The first-order valence-corrected chi connectivity index (χ1v) is 10.1. The quantitative estimate of drug-likeness (QED) is 0.896. The van der Waals surface area contributed by atoms with Crippen molar-refractivity contribution >= 4 is 27.3 Å². The lowest BCUT2D eigenvalue weighted by Gasteiger charge is -2.56. The summed E-state index contributed by atoms with van der Waals surface area (Å²) in [4.78, 5) is 16.3. The summed E-state index contributed by atoms with van der Waals surface area (Å²) < 4.78 is 6.92. The molecule has 4 nitrogen and oxygen atoms in total. The summed E-state index contributed by atoms with van der Waals surface area (Å²) in [6.45, 7) is 7.62. The van der Waals surface area contributed by atoms with Crippen LogP contribution in [0.15, 0.2) is 18.2 Å². The molecule has 132 valence electrons. The van der Waals surface area contributed by atoms with Crippen LogP contribution < -0.4 is 10.1 Å². The van der Waals surface area contributed by atoms with E-state index >= 15 is 0 Å². The SMILES string of the molecule is CC1(C)[C@@H](NC(=O)c2cc3ccc4c(c3s2)OCC4)C2CCN1CC2. The van der Waals surface area contributed by atoms with E-state index in [0.29, 0.717) is 5.92 Å². The zero-order chi connectivity index (χ0) is 17.2. The molecule has 1 N–H and O–H groups in total. The molecule has 1 aromatic heterocycles. The van der Waals surface area contributed by atoms with Gasteiger partial charge in [0, 0.05) is 18.0 Å². The first-order valence-electron chi connectivity index (χ1n) is 9.28. The van der Waals surface area contributed by atoms with E-state index in [9.17, 15) is 4.79 Å². The largest absolute Gasteiger partial charge is 0.491 e. The molecule has 1 aromatic carbocycles. The summed E-state index contributed by atoms with van der Waals surface area (Å²) in [6, 6.07) is 6.50. The van der Waals surface area contributed by atoms with E-state index in [4.69, 9.17) is 4.74 Å². The highest BCUT2D eigenvalue weighted by molar-refractivity contribution is 7.21. The Morgan fingerprint density at radius 3 is 2.88 bits per heavy atom. The number of ether oxygens (including phenoxy) is 1. The second-order valence-corrected chi connectivity index (χ2v) is 9.16. The lowest BCUT2D eigenvalue weighted by atomic mass is 9.72. The van der Waals surface area contributed by atoms with Crippen molar-refractivity contribution in [3.05, 3.63) is 28.6 Å². The summed E-state index contributed by atoms with van der Waals surface area (Å²) in [5, 5.41) is 4.49. The lowest BCUT2D eigenvalue weighted by molar-refractivity contribution is -0.0377. The van der Waals surface area contributed by atoms with Crippen LogP contribution in [0.4, 0.5) is 0 Å². The van der Waals surface area contributed by atoms with Gasteiger partial charge in [-0.05, 0) is 62.7 Å². The molecular formula is C20H24N2O2S. The summed E-state index contributed by atoms with van der Waals surface area (Å²) in [7, 11) is 0. The molecule has 3 fully saturated rings. The van der Waals surface area contributed by atoms with Gasteiger partial charge in [0.2, 0.25) is 0 Å². The molecule has 25 heavy (non-hydrogen) atoms. The van der Waals surface area contributed by atoms with Crippen LogP contribution in [0.25, 0.3) is 10.1 Å². The van der Waals surface area contributed by atoms with Crippen LogP contribution in [0, 0.1) is 5.92 Å². The highest BCUT2D eigenvalue weighted by atomic mass is 32.1. The molecule has 3 saturated heterocycles. The Hall–Kier alpha value is -1.59. The summed E-state index contributed by atoms with van der Waals surface area (Å²) in [5.41, 5.74) is 1.30. The molecule has 0 spiro atoms. The van der Waals surface area contributed by atoms with Crippen molar-refractivity contribution in [1.82, 2.24) is 10.2 Å². The Bertz CT molecular complexity index is 849. The molecule has 0 radical (unpaired) electrons. The monoisotopic (exact) mass is 356 g/mol. The fourth-order valence-electron chi connectivity index (χ4n) is 4.94. The third-order valence-corrected chi connectivity index (χ3v) is 7.59. The fraction of sp³-hybridized carbons (Fsp3) is 0.550. The Balaban J connectivity index is 1.44. The molecule has 1 atom stereocenters. The number of piperidine rings is 3. The van der Waals surface area contributed by atoms with Gasteiger partial charge in [-0.15, -0.1) is 11.3 Å². The summed E-state index contributed by atoms with van der Waals surface area (Å²) in [5.74, 6) is 1.66. The van der Waals surface area contributed by atoms with Crippen LogP contribution in [-0.4, -0.2) is 42.1 Å². The highest BCUT2D eigenvalue weighted by Crippen LogP contribution is 2.41. The normalized spacial score (nSPS) is 29.4. The molecule has 2 bridgehead atoms. The smallest absolute Gasteiger partial charge is 0.261 e. The Labute approximate surface area is 152 Å². The van der Waals surface area contributed by atoms with Gasteiger partial charge in [0.1, 0.15) is 5.75 Å². The van der Waals surface area contributed by atoms with E-state index in [2.05, 4.69) is 36.2 Å². The van der Waals surface area contributed by atoms with E-state index in [-0.39, 0.29) is 17.5 Å². The van der Waals surface area contributed by atoms with E-state index in [0.717, 1.165) is 46.8 Å². The Kier molecular flexibility index (Phi) is 3.41. The van der Waals surface area contributed by atoms with Crippen LogP contribution in [-0.2, 0) is 6.42 Å². The third-order valence-electron chi connectivity index (χ3n) is 6.44. The predicted octanol–water partition coefficient (Wildman–Crippen LogP) is 3.44. The standard InChI is InChI=1S/C20H24N2O2S/c1-20(2)18(13-5-8-22(20)9-6-13)21-19(23)15-11-14-4-3-12-7-10-24-16(12)17(14)25-15/h3-4,11,13,18H,5-10H2,1-2H3,(H,21,23)/t18-/m0/s1. The number of hydrogen-bond donors (Lipinski definition) is 1. The van der Waals surface area contributed by atoms with Crippen molar-refractivity contribution in [2.24, 2.45) is 5.92 Å². The predicted molar refractivity (Wildman–Crippen MR) is 101 cm³/mol. The summed E-state index contributed by atoms with van der Waals surface area (Å²) >= 11 is 1.57. The van der Waals surface area contributed by atoms with Gasteiger partial charge in [-0.2, -0.15) is 0 Å². The van der Waals surface area contributed by atoms with Gasteiger partial charge < -0.3 is 10.1 Å². The van der Waals surface area contributed by atoms with Crippen LogP contribution in [0.1, 0.15) is 41.9 Å². The molecule has 1 amide bonds. The molecule has 5 heteroatoms. The lowest BCUT2D eigenvalue weighted by Crippen LogP contribution is -2.69. The molecule has 5 heterocycles. The van der Waals surface area contributed by atoms with E-state index in [1.807, 2.05) is 6.07 Å². The van der Waals surface area contributed by atoms with Crippen molar-refractivity contribution in [3.8, 4) is 5.75 Å². The number of nitrogens with zero attached hydrogens (tertiary/aromatic N) is 1. The number of benzene rings is 1. The van der Waals surface area contributed by atoms with Crippen molar-refractivity contribution in [2.45, 2.75) is 44.7 Å². The van der Waals surface area contributed by atoms with Gasteiger partial charge in [0.05, 0.1) is 16.2 Å². The zero-order valence-electron chi connectivity index (χ0n) is 14.8. The minimum absolute atomic E-state index is 0.0396. The molecule has 0 unspecified atom stereocenters. The van der Waals surface area contributed by atoms with Crippen LogP contribution in [0.5, 0.6) is 5.75 Å². The minimum Gasteiger partial charge on any atom is -0.491 e. The Morgan fingerprint density at radius 1 is 1.32 bits per heavy atom. The molecule has 4 aliphatic heterocycles. The second kappa shape index (κ2) is 5.45. The Morgan fingerprint density at radius 2 is 2.12 bits per heavy atom. The third kappa shape index (κ3) is 2.32. The van der Waals surface area contributed by atoms with Crippen molar-refractivity contribution in [1.29, 1.82) is 0 Å². The van der Waals surface area contributed by atoms with Crippen molar-refractivity contribution in [3.63, 3.8) is 0 Å². The molecule has 4 aliphatic rings. The average molecular weight is 356 g/mol. The number of hydrogen-bond acceptors (Lipinski definition) is 4. The van der Waals surface area contributed by atoms with Gasteiger partial charge in [-0.3, -0.25) is 9.69 Å². The number of thiophene rings is 1. The molecule has 0 saturated carbocycles. The molecular weight excluding hydrogens is 332 g/mol. The van der Waals surface area contributed by atoms with E-state index in [1.54, 1.807) is 11.3 Å². The van der Waals surface area contributed by atoms with Crippen molar-refractivity contribution < 1.29 is 9.53 Å².